The van der Waals surface area contributed by atoms with Gasteiger partial charge in [0.05, 0.1) is 38.5 Å². The summed E-state index contributed by atoms with van der Waals surface area (Å²) in [6, 6.07) is 24.3. The number of amides is 3. The van der Waals surface area contributed by atoms with Gasteiger partial charge in [-0.1, -0.05) is 61.7 Å². The van der Waals surface area contributed by atoms with Crippen molar-refractivity contribution >= 4 is 39.5 Å². The average molecular weight is 922 g/mol. The van der Waals surface area contributed by atoms with Crippen LogP contribution < -0.4 is 25.4 Å². The average Bonchev–Trinajstić information content (AvgIpc) is 3.76. The molecule has 3 amide bonds. The summed E-state index contributed by atoms with van der Waals surface area (Å²) >= 11 is 0. The minimum Gasteiger partial charge on any atom is -0.491 e. The van der Waals surface area contributed by atoms with Gasteiger partial charge in [-0.05, 0) is 110 Å². The summed E-state index contributed by atoms with van der Waals surface area (Å²) in [6.45, 7) is 4.26. The minimum absolute atomic E-state index is 0.00723. The number of nitrogens with zero attached hydrogens (tertiary/aromatic N) is 3. The van der Waals surface area contributed by atoms with Crippen LogP contribution in [0.3, 0.4) is 0 Å². The van der Waals surface area contributed by atoms with E-state index in [2.05, 4.69) is 61.2 Å². The molecule has 2 aliphatic carbocycles. The molecule has 6 aromatic rings. The maximum Gasteiger partial charge on any atom is 0.246 e. The van der Waals surface area contributed by atoms with Crippen molar-refractivity contribution in [1.82, 2.24) is 35.8 Å². The van der Waals surface area contributed by atoms with Gasteiger partial charge in [-0.25, -0.2) is 4.98 Å². The van der Waals surface area contributed by atoms with E-state index in [4.69, 9.17) is 18.9 Å². The molecule has 9 rings (SSSR count). The van der Waals surface area contributed by atoms with Crippen LogP contribution in [-0.2, 0) is 43.2 Å². The number of ether oxygens (including phenoxy) is 4. The number of aryl methyl sites for hydroxylation is 1. The number of carbonyl (C=O) groups excluding carboxylic acids is 3. The van der Waals surface area contributed by atoms with Crippen LogP contribution in [0.5, 0.6) is 11.6 Å². The Hall–Kier alpha value is -6.35. The highest BCUT2D eigenvalue weighted by atomic mass is 16.6. The predicted octanol–water partition coefficient (Wildman–Crippen LogP) is 7.39. The minimum atomic E-state index is -0.733. The lowest BCUT2D eigenvalue weighted by atomic mass is 9.82. The van der Waals surface area contributed by atoms with Gasteiger partial charge in [-0.3, -0.25) is 19.4 Å². The smallest absolute Gasteiger partial charge is 0.246 e. The SMILES string of the molecule is CNC(C)C(=O)NC(C(=O)N1Cc2cc(OCCOCCOCCOc3ccc(-c4ccc5c(c4)[nH]c4ccncc45)cn3)ccc2CC1C(=O)N[C@H]1CCCc2ccccc21)C1CCCCC1. The van der Waals surface area contributed by atoms with Crippen LogP contribution in [0.25, 0.3) is 32.9 Å². The third-order valence-electron chi connectivity index (χ3n) is 13.9. The van der Waals surface area contributed by atoms with Crippen molar-refractivity contribution < 1.29 is 33.3 Å². The van der Waals surface area contributed by atoms with E-state index in [9.17, 15) is 14.4 Å². The first-order chi connectivity index (χ1) is 33.3. The number of pyridine rings is 2. The highest BCUT2D eigenvalue weighted by Crippen LogP contribution is 2.35. The number of aromatic amines is 1. The van der Waals surface area contributed by atoms with E-state index < -0.39 is 18.1 Å². The van der Waals surface area contributed by atoms with E-state index in [0.29, 0.717) is 57.7 Å². The van der Waals surface area contributed by atoms with Crippen LogP contribution >= 0.6 is 0 Å². The maximum absolute atomic E-state index is 14.9. The largest absolute Gasteiger partial charge is 0.491 e. The van der Waals surface area contributed by atoms with Crippen molar-refractivity contribution in [3.8, 4) is 22.8 Å². The summed E-state index contributed by atoms with van der Waals surface area (Å²) in [7, 11) is 1.73. The van der Waals surface area contributed by atoms with Crippen molar-refractivity contribution in [1.29, 1.82) is 0 Å². The van der Waals surface area contributed by atoms with Gasteiger partial charge in [0, 0.05) is 65.0 Å². The lowest BCUT2D eigenvalue weighted by Gasteiger charge is -2.41. The van der Waals surface area contributed by atoms with E-state index in [1.807, 2.05) is 60.9 Å². The molecule has 0 bridgehead atoms. The second kappa shape index (κ2) is 22.2. The molecule has 0 spiro atoms. The molecule has 68 heavy (non-hydrogen) atoms. The van der Waals surface area contributed by atoms with Crippen molar-refractivity contribution in [2.45, 2.75) is 95.4 Å². The Morgan fingerprint density at radius 2 is 1.56 bits per heavy atom. The van der Waals surface area contributed by atoms with Crippen LogP contribution in [0, 0.1) is 5.92 Å². The molecular weight excluding hydrogens is 859 g/mol. The molecule has 0 radical (unpaired) electrons. The molecule has 4 heterocycles. The van der Waals surface area contributed by atoms with Gasteiger partial charge >= 0.3 is 0 Å². The van der Waals surface area contributed by atoms with Crippen LogP contribution in [0.1, 0.15) is 80.2 Å². The zero-order chi connectivity index (χ0) is 46.8. The molecular formula is C54H63N7O7. The van der Waals surface area contributed by atoms with Gasteiger partial charge in [0.1, 0.15) is 31.0 Å². The lowest BCUT2D eigenvalue weighted by molar-refractivity contribution is -0.146. The van der Waals surface area contributed by atoms with Crippen LogP contribution in [0.2, 0.25) is 0 Å². The summed E-state index contributed by atoms with van der Waals surface area (Å²) in [5.41, 5.74) is 8.49. The molecule has 4 atom stereocenters. The first-order valence-electron chi connectivity index (χ1n) is 24.3. The van der Waals surface area contributed by atoms with Crippen molar-refractivity contribution in [2.75, 3.05) is 46.7 Å². The van der Waals surface area contributed by atoms with Gasteiger partial charge in [-0.15, -0.1) is 0 Å². The van der Waals surface area contributed by atoms with Gasteiger partial charge in [-0.2, -0.15) is 0 Å². The second-order valence-electron chi connectivity index (χ2n) is 18.3. The van der Waals surface area contributed by atoms with E-state index in [-0.39, 0.29) is 36.2 Å². The van der Waals surface area contributed by atoms with Gasteiger partial charge in [0.2, 0.25) is 23.6 Å². The summed E-state index contributed by atoms with van der Waals surface area (Å²) in [4.78, 5) is 56.6. The number of fused-ring (bicyclic) bond motifs is 5. The lowest BCUT2D eigenvalue weighted by Crippen LogP contribution is -2.60. The molecule has 3 unspecified atom stereocenters. The zero-order valence-corrected chi connectivity index (χ0v) is 39.1. The third kappa shape index (κ3) is 11.0. The normalized spacial score (nSPS) is 18.1. The standard InChI is InChI=1S/C54H63N7O7/c1-35(55-2)52(62)60-51(37-10-4-3-5-11-37)54(64)61-34-41-29-42(18-15-39(41)31-49(61)53(63)59-46-14-8-12-36-9-6-7-13-43(36)46)67-27-25-65-23-24-66-26-28-68-50-20-17-40(32-57-50)38-16-19-44-45-33-56-22-21-47(45)58-48(44)30-38/h6-7,9,13,15-22,29-30,32-33,35,37,46,49,51,55,58H,3-5,8,10-12,14,23-28,31,34H2,1-2H3,(H,59,63)(H,60,62)/t35?,46-,49?,51?/m0/s1. The highest BCUT2D eigenvalue weighted by molar-refractivity contribution is 6.07. The van der Waals surface area contributed by atoms with E-state index >= 15 is 0 Å². The number of benzene rings is 3. The van der Waals surface area contributed by atoms with E-state index in [1.54, 1.807) is 25.1 Å². The van der Waals surface area contributed by atoms with Crippen LogP contribution in [0.4, 0.5) is 0 Å². The quantitative estimate of drug-likeness (QED) is 0.0602. The fourth-order valence-electron chi connectivity index (χ4n) is 10.0. The first kappa shape index (κ1) is 46.7. The number of carbonyl (C=O) groups is 3. The Balaban J connectivity index is 0.756. The third-order valence-corrected chi connectivity index (χ3v) is 13.9. The number of likely N-dealkylation sites (N-methyl/N-ethyl adjacent to an activating group) is 1. The number of hydrogen-bond donors (Lipinski definition) is 4. The molecule has 1 saturated carbocycles. The molecule has 14 heteroatoms. The summed E-state index contributed by atoms with van der Waals surface area (Å²) in [6.07, 6.45) is 13.5. The molecule has 1 aliphatic heterocycles. The van der Waals surface area contributed by atoms with Gasteiger partial charge in [0.15, 0.2) is 0 Å². The first-order valence-corrected chi connectivity index (χ1v) is 24.3. The van der Waals surface area contributed by atoms with Crippen molar-refractivity contribution in [3.05, 3.63) is 120 Å². The molecule has 356 valence electrons. The van der Waals surface area contributed by atoms with Crippen LogP contribution in [-0.4, -0.2) is 102 Å². The zero-order valence-electron chi connectivity index (χ0n) is 39.1. The Bertz CT molecular complexity index is 2680. The molecule has 1 fully saturated rings. The molecule has 3 aliphatic rings. The van der Waals surface area contributed by atoms with Crippen molar-refractivity contribution in [2.24, 2.45) is 5.92 Å². The Morgan fingerprint density at radius 3 is 2.37 bits per heavy atom. The summed E-state index contributed by atoms with van der Waals surface area (Å²) < 4.78 is 23.5. The fraction of sp³-hybridized carbons (Fsp3) is 0.426. The van der Waals surface area contributed by atoms with Gasteiger partial charge in [0.25, 0.3) is 0 Å². The molecule has 4 N–H and O–H groups in total. The van der Waals surface area contributed by atoms with Crippen molar-refractivity contribution in [3.63, 3.8) is 0 Å². The Labute approximate surface area is 397 Å². The summed E-state index contributed by atoms with van der Waals surface area (Å²) in [5.74, 6) is 0.573. The van der Waals surface area contributed by atoms with Crippen LogP contribution in [0.15, 0.2) is 97.5 Å². The number of hydrogen-bond acceptors (Lipinski definition) is 10. The van der Waals surface area contributed by atoms with E-state index in [0.717, 1.165) is 101 Å². The molecule has 14 nitrogen and oxygen atoms in total. The Kier molecular flexibility index (Phi) is 15.2. The molecule has 3 aromatic carbocycles. The molecule has 0 saturated heterocycles. The number of rotatable bonds is 19. The predicted molar refractivity (Wildman–Crippen MR) is 261 cm³/mol. The number of nitrogens with one attached hydrogen (secondary N) is 4. The van der Waals surface area contributed by atoms with E-state index in [1.165, 1.54) is 5.56 Å². The number of H-pyrrole nitrogens is 1. The Morgan fingerprint density at radius 1 is 0.765 bits per heavy atom. The fourth-order valence-corrected chi connectivity index (χ4v) is 10.0. The highest BCUT2D eigenvalue weighted by Gasteiger charge is 2.42. The topological polar surface area (TPSA) is 169 Å². The number of aromatic nitrogens is 3. The summed E-state index contributed by atoms with van der Waals surface area (Å²) in [5, 5.41) is 11.7. The maximum atomic E-state index is 14.9. The second-order valence-corrected chi connectivity index (χ2v) is 18.3. The molecule has 3 aromatic heterocycles. The monoisotopic (exact) mass is 921 g/mol. The van der Waals surface area contributed by atoms with Gasteiger partial charge < -0.3 is 44.8 Å².